The van der Waals surface area contributed by atoms with Crippen molar-refractivity contribution < 1.29 is 23.5 Å². The molecular formula is C12H9NO5. The van der Waals surface area contributed by atoms with E-state index in [0.717, 1.165) is 5.56 Å². The summed E-state index contributed by atoms with van der Waals surface area (Å²) in [6.45, 7) is 0.213. The van der Waals surface area contributed by atoms with E-state index in [1.807, 2.05) is 6.07 Å². The van der Waals surface area contributed by atoms with Crippen LogP contribution in [-0.2, 0) is 4.74 Å². The van der Waals surface area contributed by atoms with Crippen molar-refractivity contribution >= 4 is 5.97 Å². The van der Waals surface area contributed by atoms with Gasteiger partial charge in [-0.05, 0) is 18.2 Å². The van der Waals surface area contributed by atoms with Gasteiger partial charge in [0.15, 0.2) is 11.5 Å². The maximum absolute atomic E-state index is 11.2. The molecule has 1 aliphatic heterocycles. The minimum absolute atomic E-state index is 0.0603. The van der Waals surface area contributed by atoms with Crippen molar-refractivity contribution in [2.24, 2.45) is 0 Å². The van der Waals surface area contributed by atoms with Crippen LogP contribution in [0.5, 0.6) is 11.5 Å². The average Bonchev–Trinajstić information content (AvgIpc) is 3.05. The van der Waals surface area contributed by atoms with Crippen LogP contribution in [0.1, 0.15) is 10.6 Å². The van der Waals surface area contributed by atoms with Gasteiger partial charge in [-0.25, -0.2) is 4.79 Å². The Morgan fingerprint density at radius 3 is 2.94 bits per heavy atom. The Bertz CT molecular complexity index is 604. The van der Waals surface area contributed by atoms with Gasteiger partial charge in [-0.1, -0.05) is 5.16 Å². The Balaban J connectivity index is 1.95. The molecule has 6 heteroatoms. The second-order valence-electron chi connectivity index (χ2n) is 3.64. The molecule has 0 atom stereocenters. The van der Waals surface area contributed by atoms with Crippen molar-refractivity contribution in [1.82, 2.24) is 5.16 Å². The van der Waals surface area contributed by atoms with Gasteiger partial charge >= 0.3 is 5.97 Å². The molecule has 0 fully saturated rings. The van der Waals surface area contributed by atoms with Gasteiger partial charge in [-0.2, -0.15) is 0 Å². The summed E-state index contributed by atoms with van der Waals surface area (Å²) in [5.74, 6) is 0.838. The number of hydrogen-bond acceptors (Lipinski definition) is 6. The van der Waals surface area contributed by atoms with E-state index in [9.17, 15) is 4.79 Å². The second-order valence-corrected chi connectivity index (χ2v) is 3.64. The normalized spacial score (nSPS) is 12.5. The van der Waals surface area contributed by atoms with Crippen LogP contribution in [0, 0.1) is 0 Å². The summed E-state index contributed by atoms with van der Waals surface area (Å²) in [5, 5.41) is 3.81. The third kappa shape index (κ3) is 1.67. The van der Waals surface area contributed by atoms with Crippen LogP contribution in [0.25, 0.3) is 11.3 Å². The van der Waals surface area contributed by atoms with Crippen LogP contribution < -0.4 is 9.47 Å². The Hall–Kier alpha value is -2.50. The number of rotatable bonds is 2. The predicted octanol–water partition coefficient (Wildman–Crippen LogP) is 1.86. The molecule has 1 aromatic carbocycles. The number of nitrogens with zero attached hydrogens (tertiary/aromatic N) is 1. The largest absolute Gasteiger partial charge is 0.463 e. The highest BCUT2D eigenvalue weighted by atomic mass is 16.7. The van der Waals surface area contributed by atoms with Crippen molar-refractivity contribution in [2.75, 3.05) is 13.9 Å². The fraction of sp³-hybridized carbons (Fsp3) is 0.167. The predicted molar refractivity (Wildman–Crippen MR) is 59.4 cm³/mol. The molecule has 0 spiro atoms. The summed E-state index contributed by atoms with van der Waals surface area (Å²) in [7, 11) is 1.28. The van der Waals surface area contributed by atoms with Crippen LogP contribution in [0.2, 0.25) is 0 Å². The highest BCUT2D eigenvalue weighted by molar-refractivity contribution is 5.87. The van der Waals surface area contributed by atoms with Crippen molar-refractivity contribution in [3.05, 3.63) is 30.0 Å². The molecule has 0 bridgehead atoms. The molecule has 2 heterocycles. The van der Waals surface area contributed by atoms with Crippen molar-refractivity contribution in [3.63, 3.8) is 0 Å². The highest BCUT2D eigenvalue weighted by Gasteiger charge is 2.17. The fourth-order valence-electron chi connectivity index (χ4n) is 1.66. The van der Waals surface area contributed by atoms with Crippen molar-refractivity contribution in [2.45, 2.75) is 0 Å². The first-order valence-corrected chi connectivity index (χ1v) is 5.23. The van der Waals surface area contributed by atoms with Gasteiger partial charge in [0.2, 0.25) is 12.6 Å². The average molecular weight is 247 g/mol. The number of carbonyl (C=O) groups is 1. The summed E-state index contributed by atoms with van der Waals surface area (Å²) in [6.07, 6.45) is 0. The van der Waals surface area contributed by atoms with E-state index < -0.39 is 5.97 Å². The van der Waals surface area contributed by atoms with Crippen LogP contribution in [0.15, 0.2) is 28.8 Å². The first kappa shape index (κ1) is 10.6. The Labute approximate surface area is 102 Å². The third-order valence-corrected chi connectivity index (χ3v) is 2.57. The SMILES string of the molecule is COC(=O)c1cc(-c2ccc3c(c2)OCO3)no1. The maximum Gasteiger partial charge on any atom is 0.376 e. The van der Waals surface area contributed by atoms with Gasteiger partial charge in [0.1, 0.15) is 5.69 Å². The van der Waals surface area contributed by atoms with E-state index in [1.165, 1.54) is 13.2 Å². The molecule has 18 heavy (non-hydrogen) atoms. The summed E-state index contributed by atoms with van der Waals surface area (Å²) < 4.78 is 19.9. The van der Waals surface area contributed by atoms with E-state index in [2.05, 4.69) is 9.89 Å². The number of fused-ring (bicyclic) bond motifs is 1. The van der Waals surface area contributed by atoms with Crippen molar-refractivity contribution in [1.29, 1.82) is 0 Å². The Kier molecular flexibility index (Phi) is 2.40. The second kappa shape index (κ2) is 4.06. The summed E-state index contributed by atoms with van der Waals surface area (Å²) in [5.41, 5.74) is 1.31. The molecule has 0 amide bonds. The molecule has 0 N–H and O–H groups in total. The lowest BCUT2D eigenvalue weighted by molar-refractivity contribution is 0.0554. The third-order valence-electron chi connectivity index (χ3n) is 2.57. The quantitative estimate of drug-likeness (QED) is 0.754. The number of ether oxygens (including phenoxy) is 3. The molecule has 3 rings (SSSR count). The van der Waals surface area contributed by atoms with Crippen molar-refractivity contribution in [3.8, 4) is 22.8 Å². The van der Waals surface area contributed by atoms with Gasteiger partial charge < -0.3 is 18.7 Å². The number of aromatic nitrogens is 1. The van der Waals surface area contributed by atoms with E-state index in [4.69, 9.17) is 14.0 Å². The number of benzene rings is 1. The van der Waals surface area contributed by atoms with E-state index in [1.54, 1.807) is 12.1 Å². The zero-order valence-electron chi connectivity index (χ0n) is 9.50. The van der Waals surface area contributed by atoms with Crippen LogP contribution in [0.4, 0.5) is 0 Å². The Morgan fingerprint density at radius 1 is 1.28 bits per heavy atom. The monoisotopic (exact) mass is 247 g/mol. The van der Waals surface area contributed by atoms with Gasteiger partial charge in [0, 0.05) is 11.6 Å². The number of carbonyl (C=O) groups excluding carboxylic acids is 1. The molecule has 6 nitrogen and oxygen atoms in total. The number of esters is 1. The van der Waals surface area contributed by atoms with Gasteiger partial charge in [-0.3, -0.25) is 0 Å². The zero-order chi connectivity index (χ0) is 12.5. The molecule has 92 valence electrons. The molecule has 0 unspecified atom stereocenters. The minimum Gasteiger partial charge on any atom is -0.463 e. The number of methoxy groups -OCH3 is 1. The lowest BCUT2D eigenvalue weighted by Gasteiger charge is -1.98. The van der Waals surface area contributed by atoms with Gasteiger partial charge in [0.05, 0.1) is 7.11 Å². The topological polar surface area (TPSA) is 70.8 Å². The smallest absolute Gasteiger partial charge is 0.376 e. The molecule has 0 saturated carbocycles. The van der Waals surface area contributed by atoms with Crippen LogP contribution >= 0.6 is 0 Å². The molecule has 0 radical (unpaired) electrons. The molecule has 2 aromatic rings. The molecule has 1 aliphatic rings. The van der Waals surface area contributed by atoms with E-state index in [-0.39, 0.29) is 12.6 Å². The minimum atomic E-state index is -0.561. The summed E-state index contributed by atoms with van der Waals surface area (Å²) in [6, 6.07) is 6.89. The van der Waals surface area contributed by atoms with Crippen LogP contribution in [0.3, 0.4) is 0 Å². The lowest BCUT2D eigenvalue weighted by atomic mass is 10.1. The van der Waals surface area contributed by atoms with Gasteiger partial charge in [-0.15, -0.1) is 0 Å². The lowest BCUT2D eigenvalue weighted by Crippen LogP contribution is -1.98. The van der Waals surface area contributed by atoms with Crippen LogP contribution in [-0.4, -0.2) is 25.0 Å². The molecule has 0 aliphatic carbocycles. The Morgan fingerprint density at radius 2 is 2.11 bits per heavy atom. The first-order valence-electron chi connectivity index (χ1n) is 5.23. The molecule has 0 saturated heterocycles. The highest BCUT2D eigenvalue weighted by Crippen LogP contribution is 2.35. The molecular weight excluding hydrogens is 238 g/mol. The number of hydrogen-bond donors (Lipinski definition) is 0. The fourth-order valence-corrected chi connectivity index (χ4v) is 1.66. The standard InChI is InChI=1S/C12H9NO5/c1-15-12(14)11-5-8(13-18-11)7-2-3-9-10(4-7)17-6-16-9/h2-5H,6H2,1H3. The summed E-state index contributed by atoms with van der Waals surface area (Å²) in [4.78, 5) is 11.2. The summed E-state index contributed by atoms with van der Waals surface area (Å²) >= 11 is 0. The zero-order valence-corrected chi connectivity index (χ0v) is 9.50. The van der Waals surface area contributed by atoms with E-state index in [0.29, 0.717) is 17.2 Å². The van der Waals surface area contributed by atoms with E-state index >= 15 is 0 Å². The maximum atomic E-state index is 11.2. The van der Waals surface area contributed by atoms with Gasteiger partial charge in [0.25, 0.3) is 0 Å². The first-order chi connectivity index (χ1) is 8.78. The molecule has 1 aromatic heterocycles.